The van der Waals surface area contributed by atoms with Crippen LogP contribution in [0.1, 0.15) is 52.7 Å². The highest BCUT2D eigenvalue weighted by molar-refractivity contribution is 6.25. The summed E-state index contributed by atoms with van der Waals surface area (Å²) in [6.07, 6.45) is 0. The van der Waals surface area contributed by atoms with Crippen LogP contribution in [0, 0.1) is 0 Å². The molecule has 4 bridgehead atoms. The molecule has 308 valence electrons. The summed E-state index contributed by atoms with van der Waals surface area (Å²) in [4.78, 5) is 15.6. The molecular weight excluding hydrogens is 779 g/mol. The number of rotatable bonds is 3. The minimum absolute atomic E-state index is 0.0181. The van der Waals surface area contributed by atoms with Gasteiger partial charge in [0.05, 0.1) is 22.1 Å². The maximum absolute atomic E-state index is 5.25. The predicted molar refractivity (Wildman–Crippen MR) is 270 cm³/mol. The summed E-state index contributed by atoms with van der Waals surface area (Å²) in [5.41, 5.74) is 11.8. The normalized spacial score (nSPS) is 12.5. The molecule has 5 nitrogen and oxygen atoms in total. The Balaban J connectivity index is 1.25. The average Bonchev–Trinajstić information content (AvgIpc) is 3.82. The van der Waals surface area contributed by atoms with Crippen LogP contribution >= 0.6 is 0 Å². The van der Waals surface area contributed by atoms with Gasteiger partial charge in [-0.25, -0.2) is 15.0 Å². The summed E-state index contributed by atoms with van der Waals surface area (Å²) in [6, 6.07) is 64.1. The molecule has 0 spiro atoms. The topological polar surface area (TPSA) is 48.5 Å². The van der Waals surface area contributed by atoms with Crippen molar-refractivity contribution in [2.24, 2.45) is 0 Å². The molecule has 4 heterocycles. The van der Waals surface area contributed by atoms with Gasteiger partial charge in [0.15, 0.2) is 17.1 Å². The van der Waals surface area contributed by atoms with E-state index in [9.17, 15) is 0 Å². The van der Waals surface area contributed by atoms with Crippen LogP contribution < -0.4 is 0 Å². The van der Waals surface area contributed by atoms with Crippen molar-refractivity contribution in [3.05, 3.63) is 187 Å². The zero-order valence-corrected chi connectivity index (χ0v) is 37.0. The Bertz CT molecular complexity index is 3830. The Morgan fingerprint density at radius 3 is 1.45 bits per heavy atom. The summed E-state index contributed by atoms with van der Waals surface area (Å²) < 4.78 is 4.94. The van der Waals surface area contributed by atoms with Gasteiger partial charge >= 0.3 is 0 Å². The molecule has 0 saturated heterocycles. The Hall–Kier alpha value is -7.63. The Kier molecular flexibility index (Phi) is 8.29. The van der Waals surface area contributed by atoms with Gasteiger partial charge in [-0.05, 0) is 98.8 Å². The minimum Gasteiger partial charge on any atom is -0.309 e. The van der Waals surface area contributed by atoms with E-state index in [1.165, 1.54) is 43.7 Å². The molecule has 0 saturated carbocycles. The van der Waals surface area contributed by atoms with Crippen LogP contribution in [0.25, 0.3) is 110 Å². The third-order valence-electron chi connectivity index (χ3n) is 13.2. The first-order valence-electron chi connectivity index (χ1n) is 22.3. The lowest BCUT2D eigenvalue weighted by atomic mass is 9.85. The molecule has 0 aliphatic carbocycles. The fourth-order valence-electron chi connectivity index (χ4n) is 9.89. The van der Waals surface area contributed by atoms with E-state index in [0.29, 0.717) is 17.1 Å². The summed E-state index contributed by atoms with van der Waals surface area (Å²) in [5, 5.41) is 11.2. The first-order valence-corrected chi connectivity index (χ1v) is 22.3. The van der Waals surface area contributed by atoms with Gasteiger partial charge in [0.2, 0.25) is 0 Å². The number of hydrogen-bond acceptors (Lipinski definition) is 3. The highest BCUT2D eigenvalue weighted by Crippen LogP contribution is 2.43. The smallest absolute Gasteiger partial charge is 0.164 e. The summed E-state index contributed by atoms with van der Waals surface area (Å²) in [5.74, 6) is 0.653. The van der Waals surface area contributed by atoms with Crippen LogP contribution in [0.3, 0.4) is 0 Å². The van der Waals surface area contributed by atoms with E-state index in [0.717, 1.165) is 60.3 Å². The van der Waals surface area contributed by atoms with Gasteiger partial charge < -0.3 is 9.13 Å². The number of fused-ring (bicyclic) bond motifs is 17. The van der Waals surface area contributed by atoms with Crippen molar-refractivity contribution in [2.75, 3.05) is 0 Å². The van der Waals surface area contributed by atoms with Gasteiger partial charge in [-0.2, -0.15) is 0 Å². The second-order valence-corrected chi connectivity index (χ2v) is 19.4. The molecular formula is C59H47N5. The third kappa shape index (κ3) is 5.95. The van der Waals surface area contributed by atoms with Crippen molar-refractivity contribution in [3.8, 4) is 22.8 Å². The van der Waals surface area contributed by atoms with Crippen molar-refractivity contribution < 1.29 is 0 Å². The molecule has 0 radical (unpaired) electrons. The zero-order chi connectivity index (χ0) is 43.5. The molecule has 64 heavy (non-hydrogen) atoms. The van der Waals surface area contributed by atoms with Gasteiger partial charge in [-0.1, -0.05) is 157 Å². The fourth-order valence-corrected chi connectivity index (χ4v) is 9.89. The van der Waals surface area contributed by atoms with E-state index in [4.69, 9.17) is 15.0 Å². The Labute approximate surface area is 371 Å². The lowest BCUT2D eigenvalue weighted by molar-refractivity contribution is 0.590. The Morgan fingerprint density at radius 1 is 0.344 bits per heavy atom. The molecule has 0 aliphatic heterocycles. The Morgan fingerprint density at radius 2 is 0.859 bits per heavy atom. The lowest BCUT2D eigenvalue weighted by Gasteiger charge is -2.19. The largest absolute Gasteiger partial charge is 0.309 e. The highest BCUT2D eigenvalue weighted by atomic mass is 15.0. The first-order chi connectivity index (χ1) is 31.0. The highest BCUT2D eigenvalue weighted by Gasteiger charge is 2.23. The van der Waals surface area contributed by atoms with E-state index in [1.807, 2.05) is 18.2 Å². The molecule has 12 aromatic rings. The number of para-hydroxylation sites is 1. The van der Waals surface area contributed by atoms with E-state index < -0.39 is 0 Å². The van der Waals surface area contributed by atoms with E-state index >= 15 is 0 Å². The van der Waals surface area contributed by atoms with Gasteiger partial charge in [0, 0.05) is 54.6 Å². The SMILES string of the molecule is CC(C)(C)c1ccc2c(c1)c1cc(C(C)(C)C)ccc1n2-c1ccc2c3cc4cc(c5ccccc5c5nc(-c6ccccc6)nc(n5)c5ccccc45)c3n(-c3ccccc3)c2c1. The van der Waals surface area contributed by atoms with Gasteiger partial charge in [0.1, 0.15) is 0 Å². The molecule has 0 N–H and O–H groups in total. The van der Waals surface area contributed by atoms with Crippen LogP contribution in [0.2, 0.25) is 0 Å². The fraction of sp³-hybridized carbons (Fsp3) is 0.136. The number of nitrogens with zero attached hydrogens (tertiary/aromatic N) is 5. The van der Waals surface area contributed by atoms with Crippen molar-refractivity contribution in [3.63, 3.8) is 0 Å². The third-order valence-corrected chi connectivity index (χ3v) is 13.2. The number of aromatic nitrogens is 5. The van der Waals surface area contributed by atoms with Crippen LogP contribution in [0.15, 0.2) is 176 Å². The molecule has 8 aromatic carbocycles. The quantitative estimate of drug-likeness (QED) is 0.178. The van der Waals surface area contributed by atoms with Crippen LogP contribution in [-0.2, 0) is 10.8 Å². The van der Waals surface area contributed by atoms with Crippen molar-refractivity contribution in [1.82, 2.24) is 24.1 Å². The summed E-state index contributed by atoms with van der Waals surface area (Å²) in [6.45, 7) is 13.8. The molecule has 0 unspecified atom stereocenters. The maximum atomic E-state index is 5.25. The molecule has 0 atom stereocenters. The van der Waals surface area contributed by atoms with Gasteiger partial charge in [-0.3, -0.25) is 0 Å². The number of benzene rings is 8. The standard InChI is InChI=1S/C59H47N5/c1-58(2,3)38-25-29-51-47(33-38)48-34-39(59(4,5)6)26-30-52(48)63(51)41-27-28-44-50-32-37-31-49(54(50)64(53(44)35-41)40-19-11-8-12-20-40)43-22-14-16-24-46(43)57-61-55(36-17-9-7-10-18-36)60-56(62-57)45-23-15-13-21-42(37)45/h7-35H,1-6H3. The molecule has 0 fully saturated rings. The maximum Gasteiger partial charge on any atom is 0.164 e. The van der Waals surface area contributed by atoms with Crippen LogP contribution in [-0.4, -0.2) is 24.1 Å². The second kappa shape index (κ2) is 13.9. The molecule has 5 heteroatoms. The van der Waals surface area contributed by atoms with E-state index in [2.05, 4.69) is 208 Å². The molecule has 0 aliphatic rings. The minimum atomic E-state index is 0.0181. The van der Waals surface area contributed by atoms with Crippen molar-refractivity contribution >= 4 is 87.2 Å². The summed E-state index contributed by atoms with van der Waals surface area (Å²) >= 11 is 0. The zero-order valence-electron chi connectivity index (χ0n) is 37.0. The second-order valence-electron chi connectivity index (χ2n) is 19.4. The number of hydrogen-bond donors (Lipinski definition) is 0. The molecule has 4 aromatic heterocycles. The van der Waals surface area contributed by atoms with Crippen LogP contribution in [0.4, 0.5) is 0 Å². The first kappa shape index (κ1) is 38.1. The predicted octanol–water partition coefficient (Wildman–Crippen LogP) is 15.5. The van der Waals surface area contributed by atoms with Crippen LogP contribution in [0.5, 0.6) is 0 Å². The lowest BCUT2D eigenvalue weighted by Crippen LogP contribution is -2.10. The van der Waals surface area contributed by atoms with Crippen molar-refractivity contribution in [2.45, 2.75) is 52.4 Å². The van der Waals surface area contributed by atoms with Crippen molar-refractivity contribution in [1.29, 1.82) is 0 Å². The molecule has 12 rings (SSSR count). The summed E-state index contributed by atoms with van der Waals surface area (Å²) in [7, 11) is 0. The van der Waals surface area contributed by atoms with Gasteiger partial charge in [0.25, 0.3) is 0 Å². The van der Waals surface area contributed by atoms with E-state index in [1.54, 1.807) is 0 Å². The average molecular weight is 826 g/mol. The molecule has 0 amide bonds. The van der Waals surface area contributed by atoms with Gasteiger partial charge in [-0.15, -0.1) is 0 Å². The monoisotopic (exact) mass is 825 g/mol. The van der Waals surface area contributed by atoms with E-state index in [-0.39, 0.29) is 10.8 Å².